The molecule has 0 bridgehead atoms. The highest BCUT2D eigenvalue weighted by molar-refractivity contribution is 5.81. The molecule has 1 aromatic carbocycles. The molecule has 1 unspecified atom stereocenters. The molecule has 5 heteroatoms. The van der Waals surface area contributed by atoms with Crippen molar-refractivity contribution >= 4 is 5.78 Å². The highest BCUT2D eigenvalue weighted by atomic mass is 19.4. The number of carbonyl (C=O) groups is 1. The molecule has 0 saturated heterocycles. The summed E-state index contributed by atoms with van der Waals surface area (Å²) in [6, 6.07) is 6.67. The molecule has 0 radical (unpaired) electrons. The van der Waals surface area contributed by atoms with Gasteiger partial charge < -0.3 is 5.11 Å². The predicted molar refractivity (Wildman–Crippen MR) is 60.9 cm³/mol. The molecule has 0 fully saturated rings. The number of Topliss-reactive ketones (excluding diaryl/α,β-unsaturated/α-hetero) is 1. The van der Waals surface area contributed by atoms with Gasteiger partial charge in [-0.1, -0.05) is 44.2 Å². The minimum atomic E-state index is -4.89. The molecular weight excluding hydrogens is 245 g/mol. The summed E-state index contributed by atoms with van der Waals surface area (Å²) in [5, 5.41) is 9.89. The summed E-state index contributed by atoms with van der Waals surface area (Å²) in [5.41, 5.74) is -3.43. The van der Waals surface area contributed by atoms with Crippen LogP contribution in [0.3, 0.4) is 0 Å². The summed E-state index contributed by atoms with van der Waals surface area (Å²) in [5.74, 6) is -1.18. The van der Waals surface area contributed by atoms with Crippen LogP contribution in [-0.4, -0.2) is 17.1 Å². The topological polar surface area (TPSA) is 37.3 Å². The molecule has 1 atom stereocenters. The smallest absolute Gasteiger partial charge is 0.376 e. The first-order valence-electron chi connectivity index (χ1n) is 5.56. The molecule has 0 aromatic heterocycles. The van der Waals surface area contributed by atoms with E-state index in [1.54, 1.807) is 6.07 Å². The Kier molecular flexibility index (Phi) is 4.16. The number of carbonyl (C=O) groups excluding carboxylic acids is 1. The molecule has 1 aromatic rings. The van der Waals surface area contributed by atoms with Crippen molar-refractivity contribution in [2.75, 3.05) is 0 Å². The molecule has 0 aliphatic carbocycles. The highest BCUT2D eigenvalue weighted by Gasteiger charge is 2.55. The lowest BCUT2D eigenvalue weighted by atomic mass is 9.85. The molecule has 0 amide bonds. The van der Waals surface area contributed by atoms with Crippen LogP contribution < -0.4 is 0 Å². The molecule has 18 heavy (non-hydrogen) atoms. The van der Waals surface area contributed by atoms with E-state index in [0.29, 0.717) is 0 Å². The maximum Gasteiger partial charge on any atom is 0.421 e. The van der Waals surface area contributed by atoms with Crippen molar-refractivity contribution in [2.45, 2.75) is 32.0 Å². The van der Waals surface area contributed by atoms with Crippen LogP contribution >= 0.6 is 0 Å². The Morgan fingerprint density at radius 1 is 1.22 bits per heavy atom. The lowest BCUT2D eigenvalue weighted by molar-refractivity contribution is -0.267. The molecule has 1 rings (SSSR count). The van der Waals surface area contributed by atoms with Crippen molar-refractivity contribution in [1.82, 2.24) is 0 Å². The van der Waals surface area contributed by atoms with Gasteiger partial charge in [0, 0.05) is 12.3 Å². The third kappa shape index (κ3) is 2.90. The largest absolute Gasteiger partial charge is 0.421 e. The molecule has 0 aliphatic rings. The Bertz CT molecular complexity index is 412. The summed E-state index contributed by atoms with van der Waals surface area (Å²) >= 11 is 0. The Labute approximate surface area is 103 Å². The Balaban J connectivity index is 3.17. The van der Waals surface area contributed by atoms with Crippen LogP contribution in [0.2, 0.25) is 0 Å². The second kappa shape index (κ2) is 5.10. The molecule has 0 spiro atoms. The van der Waals surface area contributed by atoms with E-state index in [2.05, 4.69) is 0 Å². The number of halogens is 3. The van der Waals surface area contributed by atoms with E-state index >= 15 is 0 Å². The van der Waals surface area contributed by atoms with Gasteiger partial charge in [-0.15, -0.1) is 0 Å². The Hall–Kier alpha value is -1.36. The van der Waals surface area contributed by atoms with Gasteiger partial charge in [0.15, 0.2) is 5.60 Å². The third-order valence-corrected chi connectivity index (χ3v) is 2.79. The first-order chi connectivity index (χ1) is 8.18. The van der Waals surface area contributed by atoms with E-state index in [1.165, 1.54) is 38.1 Å². The van der Waals surface area contributed by atoms with Gasteiger partial charge in [0.1, 0.15) is 5.78 Å². The van der Waals surface area contributed by atoms with Crippen LogP contribution in [0.5, 0.6) is 0 Å². The van der Waals surface area contributed by atoms with Gasteiger partial charge >= 0.3 is 6.18 Å². The maximum atomic E-state index is 13.0. The van der Waals surface area contributed by atoms with Crippen LogP contribution in [0.15, 0.2) is 30.3 Å². The minimum Gasteiger partial charge on any atom is -0.376 e. The molecule has 1 N–H and O–H groups in total. The van der Waals surface area contributed by atoms with Crippen LogP contribution in [0.1, 0.15) is 25.8 Å². The molecule has 0 saturated carbocycles. The van der Waals surface area contributed by atoms with Gasteiger partial charge in [-0.3, -0.25) is 4.79 Å². The number of alkyl halides is 3. The van der Waals surface area contributed by atoms with Gasteiger partial charge in [0.05, 0.1) is 0 Å². The van der Waals surface area contributed by atoms with Crippen LogP contribution in [-0.2, 0) is 10.4 Å². The second-order valence-electron chi connectivity index (χ2n) is 4.52. The van der Waals surface area contributed by atoms with Gasteiger partial charge in [0.25, 0.3) is 0 Å². The molecular formula is C13H15F3O2. The first kappa shape index (κ1) is 14.7. The van der Waals surface area contributed by atoms with Crippen molar-refractivity contribution in [2.24, 2.45) is 5.92 Å². The average Bonchev–Trinajstić information content (AvgIpc) is 2.28. The predicted octanol–water partition coefficient (Wildman–Crippen LogP) is 3.05. The number of hydrogen-bond acceptors (Lipinski definition) is 2. The third-order valence-electron chi connectivity index (χ3n) is 2.79. The van der Waals surface area contributed by atoms with E-state index < -0.39 is 29.9 Å². The summed E-state index contributed by atoms with van der Waals surface area (Å²) in [6.07, 6.45) is -5.85. The maximum absolute atomic E-state index is 13.0. The molecule has 100 valence electrons. The number of ketones is 1. The number of aliphatic hydroxyl groups is 1. The number of rotatable bonds is 4. The fraction of sp³-hybridized carbons (Fsp3) is 0.462. The Morgan fingerprint density at radius 2 is 1.72 bits per heavy atom. The van der Waals surface area contributed by atoms with E-state index in [1.807, 2.05) is 0 Å². The van der Waals surface area contributed by atoms with Gasteiger partial charge in [-0.25, -0.2) is 0 Å². The number of hydrogen-bond donors (Lipinski definition) is 1. The first-order valence-corrected chi connectivity index (χ1v) is 5.56. The molecule has 0 heterocycles. The SMILES string of the molecule is CC(C)C(=O)CC(O)(c1ccccc1)C(F)(F)F. The zero-order chi connectivity index (χ0) is 14.0. The Morgan fingerprint density at radius 3 is 2.11 bits per heavy atom. The standard InChI is InChI=1S/C13H15F3O2/c1-9(2)11(17)8-12(18,13(14,15)16)10-6-4-3-5-7-10/h3-7,9,18H,8H2,1-2H3. The van der Waals surface area contributed by atoms with E-state index in [9.17, 15) is 23.1 Å². The lowest BCUT2D eigenvalue weighted by Gasteiger charge is -2.31. The quantitative estimate of drug-likeness (QED) is 0.903. The summed E-state index contributed by atoms with van der Waals surface area (Å²) in [4.78, 5) is 11.5. The lowest BCUT2D eigenvalue weighted by Crippen LogP contribution is -2.44. The summed E-state index contributed by atoms with van der Waals surface area (Å²) in [6.45, 7) is 3.01. The van der Waals surface area contributed by atoms with Crippen molar-refractivity contribution in [3.63, 3.8) is 0 Å². The zero-order valence-electron chi connectivity index (χ0n) is 10.2. The second-order valence-corrected chi connectivity index (χ2v) is 4.52. The van der Waals surface area contributed by atoms with Crippen molar-refractivity contribution in [1.29, 1.82) is 0 Å². The zero-order valence-corrected chi connectivity index (χ0v) is 10.2. The van der Waals surface area contributed by atoms with Crippen molar-refractivity contribution in [3.8, 4) is 0 Å². The molecule has 2 nitrogen and oxygen atoms in total. The van der Waals surface area contributed by atoms with Crippen molar-refractivity contribution < 1.29 is 23.1 Å². The average molecular weight is 260 g/mol. The number of benzene rings is 1. The van der Waals surface area contributed by atoms with Crippen LogP contribution in [0.25, 0.3) is 0 Å². The van der Waals surface area contributed by atoms with Gasteiger partial charge in [0.2, 0.25) is 0 Å². The minimum absolute atomic E-state index is 0.313. The van der Waals surface area contributed by atoms with E-state index in [4.69, 9.17) is 0 Å². The summed E-state index contributed by atoms with van der Waals surface area (Å²) in [7, 11) is 0. The van der Waals surface area contributed by atoms with Gasteiger partial charge in [-0.2, -0.15) is 13.2 Å². The van der Waals surface area contributed by atoms with E-state index in [0.717, 1.165) is 0 Å². The van der Waals surface area contributed by atoms with Crippen LogP contribution in [0.4, 0.5) is 13.2 Å². The normalized spacial score (nSPS) is 15.5. The monoisotopic (exact) mass is 260 g/mol. The van der Waals surface area contributed by atoms with Crippen molar-refractivity contribution in [3.05, 3.63) is 35.9 Å². The van der Waals surface area contributed by atoms with Crippen LogP contribution in [0, 0.1) is 5.92 Å². The summed E-state index contributed by atoms with van der Waals surface area (Å²) < 4.78 is 39.0. The fourth-order valence-electron chi connectivity index (χ4n) is 1.54. The fourth-order valence-corrected chi connectivity index (χ4v) is 1.54. The highest BCUT2D eigenvalue weighted by Crippen LogP contribution is 2.42. The van der Waals surface area contributed by atoms with Gasteiger partial charge in [-0.05, 0) is 5.56 Å². The van der Waals surface area contributed by atoms with E-state index in [-0.39, 0.29) is 5.56 Å². The molecule has 0 aliphatic heterocycles.